The molecule has 1 aliphatic heterocycles. The first-order chi connectivity index (χ1) is 14.7. The SMILES string of the molecule is N#CC1(CC(=O)[C@H](CC(F)(F)Cc2ccncc2)NC(=O)N2CCC3(CC2)CC3)CC1. The Labute approximate surface area is 181 Å². The number of carbonyl (C=O) groups is 2. The summed E-state index contributed by atoms with van der Waals surface area (Å²) in [6.07, 6.45) is 6.92. The number of ketones is 1. The minimum absolute atomic E-state index is 0.0944. The average molecular weight is 430 g/mol. The van der Waals surface area contributed by atoms with Crippen LogP contribution >= 0.6 is 0 Å². The molecule has 0 bridgehead atoms. The molecule has 2 heterocycles. The van der Waals surface area contributed by atoms with E-state index in [1.54, 1.807) is 4.90 Å². The highest BCUT2D eigenvalue weighted by Gasteiger charge is 2.48. The van der Waals surface area contributed by atoms with Crippen molar-refractivity contribution in [2.24, 2.45) is 10.8 Å². The van der Waals surface area contributed by atoms with Gasteiger partial charge in [0.15, 0.2) is 5.78 Å². The molecule has 1 aromatic rings. The van der Waals surface area contributed by atoms with Crippen molar-refractivity contribution < 1.29 is 18.4 Å². The van der Waals surface area contributed by atoms with Crippen LogP contribution < -0.4 is 5.32 Å². The van der Waals surface area contributed by atoms with Gasteiger partial charge in [-0.15, -0.1) is 0 Å². The molecule has 2 aliphatic carbocycles. The number of hydrogen-bond donors (Lipinski definition) is 1. The van der Waals surface area contributed by atoms with Gasteiger partial charge in [0, 0.05) is 44.7 Å². The number of likely N-dealkylation sites (tertiary alicyclic amines) is 1. The highest BCUT2D eigenvalue weighted by Crippen LogP contribution is 2.53. The fourth-order valence-corrected chi connectivity index (χ4v) is 4.45. The summed E-state index contributed by atoms with van der Waals surface area (Å²) in [5, 5.41) is 11.9. The first-order valence-electron chi connectivity index (χ1n) is 11.0. The van der Waals surface area contributed by atoms with Crippen molar-refractivity contribution in [1.82, 2.24) is 15.2 Å². The van der Waals surface area contributed by atoms with Gasteiger partial charge in [-0.1, -0.05) is 0 Å². The second-order valence-corrected chi connectivity index (χ2v) is 9.62. The molecule has 1 spiro atoms. The summed E-state index contributed by atoms with van der Waals surface area (Å²) in [7, 11) is 0. The predicted molar refractivity (Wildman–Crippen MR) is 109 cm³/mol. The van der Waals surface area contributed by atoms with Crippen LogP contribution in [0, 0.1) is 22.2 Å². The number of Topliss-reactive ketones (excluding diaryl/α,β-unsaturated/α-hetero) is 1. The van der Waals surface area contributed by atoms with Gasteiger partial charge < -0.3 is 10.2 Å². The maximum Gasteiger partial charge on any atom is 0.317 e. The fraction of sp³-hybridized carbons (Fsp3) is 0.652. The average Bonchev–Trinajstić information content (AvgIpc) is 3.67. The molecule has 31 heavy (non-hydrogen) atoms. The van der Waals surface area contributed by atoms with Crippen molar-refractivity contribution >= 4 is 11.8 Å². The van der Waals surface area contributed by atoms with Crippen molar-refractivity contribution in [3.63, 3.8) is 0 Å². The Bertz CT molecular complexity index is 865. The number of aromatic nitrogens is 1. The third kappa shape index (κ3) is 5.38. The molecule has 1 atom stereocenters. The van der Waals surface area contributed by atoms with Gasteiger partial charge in [0.05, 0.1) is 17.5 Å². The molecule has 2 amide bonds. The van der Waals surface area contributed by atoms with Crippen molar-refractivity contribution in [2.45, 2.75) is 69.8 Å². The topological polar surface area (TPSA) is 86.1 Å². The van der Waals surface area contributed by atoms with Crippen LogP contribution in [0.15, 0.2) is 24.5 Å². The summed E-state index contributed by atoms with van der Waals surface area (Å²) in [6.45, 7) is 1.17. The molecule has 0 radical (unpaired) electrons. The highest BCUT2D eigenvalue weighted by atomic mass is 19.3. The number of amides is 2. The first kappa shape index (κ1) is 21.7. The van der Waals surface area contributed by atoms with E-state index in [4.69, 9.17) is 0 Å². The largest absolute Gasteiger partial charge is 0.328 e. The lowest BCUT2D eigenvalue weighted by Crippen LogP contribution is -2.52. The van der Waals surface area contributed by atoms with Crippen LogP contribution in [0.1, 0.15) is 56.9 Å². The Balaban J connectivity index is 1.42. The molecule has 1 saturated heterocycles. The van der Waals surface area contributed by atoms with E-state index in [0.29, 0.717) is 36.9 Å². The van der Waals surface area contributed by atoms with E-state index >= 15 is 0 Å². The number of alkyl halides is 2. The molecule has 0 aromatic carbocycles. The third-order valence-corrected chi connectivity index (χ3v) is 7.07. The van der Waals surface area contributed by atoms with E-state index in [-0.39, 0.29) is 6.42 Å². The van der Waals surface area contributed by atoms with Crippen LogP contribution in [0.25, 0.3) is 0 Å². The number of halogens is 2. The minimum atomic E-state index is -3.18. The molecule has 166 valence electrons. The fourth-order valence-electron chi connectivity index (χ4n) is 4.45. The summed E-state index contributed by atoms with van der Waals surface area (Å²) in [6, 6.07) is 3.39. The van der Waals surface area contributed by atoms with Crippen LogP contribution in [0.3, 0.4) is 0 Å². The maximum atomic E-state index is 14.9. The minimum Gasteiger partial charge on any atom is -0.328 e. The van der Waals surface area contributed by atoms with Gasteiger partial charge in [-0.2, -0.15) is 5.26 Å². The lowest BCUT2D eigenvalue weighted by Gasteiger charge is -2.34. The standard InChI is InChI=1S/C23H28F2N4O2/c24-23(25,13-17-1-9-27-10-2-17)14-18(19(30)15-22(16-26)5-6-22)28-20(31)29-11-7-21(3-4-21)8-12-29/h1-2,9-10,18H,3-8,11-15H2,(H,28,31)/t18-/m0/s1. The van der Waals surface area contributed by atoms with Gasteiger partial charge in [-0.3, -0.25) is 9.78 Å². The number of piperidine rings is 1. The lowest BCUT2D eigenvalue weighted by molar-refractivity contribution is -0.124. The van der Waals surface area contributed by atoms with Crippen molar-refractivity contribution in [1.29, 1.82) is 5.26 Å². The van der Waals surface area contributed by atoms with Gasteiger partial charge in [0.1, 0.15) is 0 Å². The molecular weight excluding hydrogens is 402 g/mol. The van der Waals surface area contributed by atoms with Crippen LogP contribution in [-0.2, 0) is 11.2 Å². The number of urea groups is 1. The number of nitrogens with zero attached hydrogens (tertiary/aromatic N) is 3. The summed E-state index contributed by atoms with van der Waals surface area (Å²) in [5.41, 5.74) is 0.0533. The van der Waals surface area contributed by atoms with Gasteiger partial charge in [0.25, 0.3) is 5.92 Å². The van der Waals surface area contributed by atoms with E-state index in [1.807, 2.05) is 0 Å². The smallest absolute Gasteiger partial charge is 0.317 e. The molecule has 4 rings (SSSR count). The van der Waals surface area contributed by atoms with Crippen LogP contribution in [0.4, 0.5) is 13.6 Å². The van der Waals surface area contributed by atoms with Gasteiger partial charge >= 0.3 is 6.03 Å². The zero-order valence-corrected chi connectivity index (χ0v) is 17.6. The molecule has 1 N–H and O–H groups in total. The zero-order chi connectivity index (χ0) is 22.1. The predicted octanol–water partition coefficient (Wildman–Crippen LogP) is 3.87. The molecule has 0 unspecified atom stereocenters. The van der Waals surface area contributed by atoms with Crippen molar-refractivity contribution in [2.75, 3.05) is 13.1 Å². The van der Waals surface area contributed by atoms with E-state index in [0.717, 1.165) is 12.8 Å². The second kappa shape index (κ2) is 8.18. The molecule has 2 saturated carbocycles. The molecule has 3 aliphatic rings. The third-order valence-electron chi connectivity index (χ3n) is 7.07. The number of nitriles is 1. The van der Waals surface area contributed by atoms with Gasteiger partial charge in [-0.25, -0.2) is 13.6 Å². The normalized spacial score (nSPS) is 21.8. The number of carbonyl (C=O) groups excluding carboxylic acids is 2. The number of rotatable bonds is 8. The Morgan fingerprint density at radius 2 is 1.81 bits per heavy atom. The highest BCUT2D eigenvalue weighted by molar-refractivity contribution is 5.89. The molecule has 6 nitrogen and oxygen atoms in total. The Morgan fingerprint density at radius 3 is 2.35 bits per heavy atom. The Hall–Kier alpha value is -2.56. The zero-order valence-electron chi connectivity index (χ0n) is 17.6. The van der Waals surface area contributed by atoms with E-state index < -0.39 is 42.0 Å². The maximum absolute atomic E-state index is 14.9. The van der Waals surface area contributed by atoms with Crippen LogP contribution in [0.2, 0.25) is 0 Å². The number of hydrogen-bond acceptors (Lipinski definition) is 4. The Kier molecular flexibility index (Phi) is 5.71. The van der Waals surface area contributed by atoms with Gasteiger partial charge in [0.2, 0.25) is 0 Å². The molecule has 1 aromatic heterocycles. The van der Waals surface area contributed by atoms with Crippen molar-refractivity contribution in [3.8, 4) is 6.07 Å². The monoisotopic (exact) mass is 430 g/mol. The van der Waals surface area contributed by atoms with E-state index in [2.05, 4.69) is 16.4 Å². The first-order valence-corrected chi connectivity index (χ1v) is 11.0. The van der Waals surface area contributed by atoms with Crippen LogP contribution in [-0.4, -0.2) is 46.8 Å². The molecule has 8 heteroatoms. The summed E-state index contributed by atoms with van der Waals surface area (Å²) < 4.78 is 29.7. The van der Waals surface area contributed by atoms with E-state index in [1.165, 1.54) is 37.4 Å². The number of nitrogens with one attached hydrogen (secondary N) is 1. The summed E-state index contributed by atoms with van der Waals surface area (Å²) >= 11 is 0. The molecular formula is C23H28F2N4O2. The quantitative estimate of drug-likeness (QED) is 0.678. The second-order valence-electron chi connectivity index (χ2n) is 9.62. The summed E-state index contributed by atoms with van der Waals surface area (Å²) in [5.74, 6) is -3.67. The van der Waals surface area contributed by atoms with Gasteiger partial charge in [-0.05, 0) is 61.6 Å². The summed E-state index contributed by atoms with van der Waals surface area (Å²) in [4.78, 5) is 31.1. The number of pyridine rings is 1. The van der Waals surface area contributed by atoms with Crippen molar-refractivity contribution in [3.05, 3.63) is 30.1 Å². The Morgan fingerprint density at radius 1 is 1.16 bits per heavy atom. The van der Waals surface area contributed by atoms with E-state index in [9.17, 15) is 23.6 Å². The molecule has 3 fully saturated rings. The lowest BCUT2D eigenvalue weighted by atomic mass is 9.92. The van der Waals surface area contributed by atoms with Crippen LogP contribution in [0.5, 0.6) is 0 Å².